The van der Waals surface area contributed by atoms with Crippen molar-refractivity contribution in [2.45, 2.75) is 44.6 Å². The SMILES string of the molecule is COc1ccc(C)cc1C(=O)NCC1(O)CCCCC1. The molecule has 1 aromatic rings. The number of amides is 1. The van der Waals surface area contributed by atoms with Gasteiger partial charge in [-0.2, -0.15) is 0 Å². The van der Waals surface area contributed by atoms with Crippen LogP contribution >= 0.6 is 0 Å². The molecule has 110 valence electrons. The van der Waals surface area contributed by atoms with E-state index < -0.39 is 5.60 Å². The van der Waals surface area contributed by atoms with E-state index in [1.54, 1.807) is 19.2 Å². The van der Waals surface area contributed by atoms with Crippen molar-refractivity contribution in [3.05, 3.63) is 29.3 Å². The number of methoxy groups -OCH3 is 1. The molecule has 1 fully saturated rings. The highest BCUT2D eigenvalue weighted by molar-refractivity contribution is 5.97. The van der Waals surface area contributed by atoms with Crippen LogP contribution in [0.25, 0.3) is 0 Å². The summed E-state index contributed by atoms with van der Waals surface area (Å²) in [6.45, 7) is 2.24. The van der Waals surface area contributed by atoms with Gasteiger partial charge in [0.25, 0.3) is 5.91 Å². The van der Waals surface area contributed by atoms with Crippen LogP contribution in [0.5, 0.6) is 5.75 Å². The van der Waals surface area contributed by atoms with Crippen LogP contribution in [0, 0.1) is 6.92 Å². The Morgan fingerprint density at radius 2 is 2.05 bits per heavy atom. The summed E-state index contributed by atoms with van der Waals surface area (Å²) in [6, 6.07) is 5.50. The lowest BCUT2D eigenvalue weighted by molar-refractivity contribution is 0.00523. The predicted molar refractivity (Wildman–Crippen MR) is 78.1 cm³/mol. The minimum Gasteiger partial charge on any atom is -0.496 e. The van der Waals surface area contributed by atoms with Gasteiger partial charge in [-0.1, -0.05) is 30.9 Å². The number of carbonyl (C=O) groups excluding carboxylic acids is 1. The first-order valence-corrected chi connectivity index (χ1v) is 7.19. The molecule has 0 unspecified atom stereocenters. The van der Waals surface area contributed by atoms with Crippen LogP contribution in [0.1, 0.15) is 48.0 Å². The molecule has 0 atom stereocenters. The summed E-state index contributed by atoms with van der Waals surface area (Å²) in [6.07, 6.45) is 4.75. The molecule has 1 aliphatic rings. The molecule has 0 aliphatic heterocycles. The Hall–Kier alpha value is -1.55. The van der Waals surface area contributed by atoms with Gasteiger partial charge in [0.2, 0.25) is 0 Å². The van der Waals surface area contributed by atoms with Crippen LogP contribution in [0.4, 0.5) is 0 Å². The van der Waals surface area contributed by atoms with E-state index in [2.05, 4.69) is 5.32 Å². The first-order valence-electron chi connectivity index (χ1n) is 7.19. The van der Waals surface area contributed by atoms with E-state index in [4.69, 9.17) is 4.74 Å². The summed E-state index contributed by atoms with van der Waals surface area (Å²) >= 11 is 0. The highest BCUT2D eigenvalue weighted by Gasteiger charge is 2.29. The van der Waals surface area contributed by atoms with Gasteiger partial charge in [0.05, 0.1) is 18.3 Å². The molecule has 1 aromatic carbocycles. The number of benzene rings is 1. The van der Waals surface area contributed by atoms with Crippen LogP contribution in [-0.2, 0) is 0 Å². The first-order chi connectivity index (χ1) is 9.54. The summed E-state index contributed by atoms with van der Waals surface area (Å²) in [5.41, 5.74) is 0.782. The van der Waals surface area contributed by atoms with Crippen molar-refractivity contribution in [2.24, 2.45) is 0 Å². The molecule has 2 rings (SSSR count). The van der Waals surface area contributed by atoms with E-state index in [9.17, 15) is 9.90 Å². The fourth-order valence-corrected chi connectivity index (χ4v) is 2.73. The molecule has 0 bridgehead atoms. The van der Waals surface area contributed by atoms with E-state index in [0.717, 1.165) is 31.2 Å². The van der Waals surface area contributed by atoms with Gasteiger partial charge in [-0.25, -0.2) is 0 Å². The van der Waals surface area contributed by atoms with Crippen molar-refractivity contribution < 1.29 is 14.6 Å². The van der Waals surface area contributed by atoms with Gasteiger partial charge in [-0.15, -0.1) is 0 Å². The number of aryl methyl sites for hydroxylation is 1. The highest BCUT2D eigenvalue weighted by atomic mass is 16.5. The molecule has 0 spiro atoms. The number of hydrogen-bond donors (Lipinski definition) is 2. The fraction of sp³-hybridized carbons (Fsp3) is 0.562. The van der Waals surface area contributed by atoms with Crippen LogP contribution in [0.15, 0.2) is 18.2 Å². The molecule has 0 heterocycles. The van der Waals surface area contributed by atoms with E-state index in [1.165, 1.54) is 6.42 Å². The van der Waals surface area contributed by atoms with Crippen LogP contribution in [0.2, 0.25) is 0 Å². The third-order valence-corrected chi connectivity index (χ3v) is 3.96. The molecule has 4 nitrogen and oxygen atoms in total. The van der Waals surface area contributed by atoms with E-state index in [0.29, 0.717) is 17.9 Å². The Labute approximate surface area is 120 Å². The Morgan fingerprint density at radius 3 is 2.70 bits per heavy atom. The minimum absolute atomic E-state index is 0.190. The standard InChI is InChI=1S/C16H23NO3/c1-12-6-7-14(20-2)13(10-12)15(18)17-11-16(19)8-4-3-5-9-16/h6-7,10,19H,3-5,8-9,11H2,1-2H3,(H,17,18). The van der Waals surface area contributed by atoms with Gasteiger partial charge in [0.15, 0.2) is 0 Å². The topological polar surface area (TPSA) is 58.6 Å². The molecule has 4 heteroatoms. The first kappa shape index (κ1) is 14.9. The van der Waals surface area contributed by atoms with Gasteiger partial charge in [-0.05, 0) is 31.9 Å². The van der Waals surface area contributed by atoms with Crippen molar-refractivity contribution in [3.8, 4) is 5.75 Å². The lowest BCUT2D eigenvalue weighted by Crippen LogP contribution is -2.44. The maximum absolute atomic E-state index is 12.3. The zero-order chi connectivity index (χ0) is 14.6. The monoisotopic (exact) mass is 277 g/mol. The summed E-state index contributed by atoms with van der Waals surface area (Å²) < 4.78 is 5.22. The summed E-state index contributed by atoms with van der Waals surface area (Å²) in [4.78, 5) is 12.3. The molecule has 0 saturated heterocycles. The number of aliphatic hydroxyl groups is 1. The number of carbonyl (C=O) groups is 1. The average molecular weight is 277 g/mol. The molecule has 1 amide bonds. The number of rotatable bonds is 4. The van der Waals surface area contributed by atoms with Crippen LogP contribution in [0.3, 0.4) is 0 Å². The average Bonchev–Trinajstić information content (AvgIpc) is 2.45. The van der Waals surface area contributed by atoms with Gasteiger partial charge < -0.3 is 15.2 Å². The second-order valence-electron chi connectivity index (χ2n) is 5.67. The number of hydrogen-bond acceptors (Lipinski definition) is 3. The lowest BCUT2D eigenvalue weighted by atomic mass is 9.85. The highest BCUT2D eigenvalue weighted by Crippen LogP contribution is 2.27. The Morgan fingerprint density at radius 1 is 1.35 bits per heavy atom. The molecule has 20 heavy (non-hydrogen) atoms. The number of ether oxygens (including phenoxy) is 1. The minimum atomic E-state index is -0.745. The second kappa shape index (κ2) is 6.27. The molecule has 1 aliphatic carbocycles. The third-order valence-electron chi connectivity index (χ3n) is 3.96. The molecule has 2 N–H and O–H groups in total. The van der Waals surface area contributed by atoms with E-state index in [1.807, 2.05) is 13.0 Å². The smallest absolute Gasteiger partial charge is 0.255 e. The molecular weight excluding hydrogens is 254 g/mol. The maximum atomic E-state index is 12.3. The zero-order valence-corrected chi connectivity index (χ0v) is 12.2. The van der Waals surface area contributed by atoms with E-state index in [-0.39, 0.29) is 5.91 Å². The molecule has 0 radical (unpaired) electrons. The van der Waals surface area contributed by atoms with Crippen molar-refractivity contribution in [2.75, 3.05) is 13.7 Å². The Bertz CT molecular complexity index is 479. The number of nitrogens with one attached hydrogen (secondary N) is 1. The molecule has 0 aromatic heterocycles. The van der Waals surface area contributed by atoms with Gasteiger partial charge >= 0.3 is 0 Å². The summed E-state index contributed by atoms with van der Waals surface area (Å²) in [5.74, 6) is 0.369. The second-order valence-corrected chi connectivity index (χ2v) is 5.67. The normalized spacial score (nSPS) is 17.6. The summed E-state index contributed by atoms with van der Waals surface area (Å²) in [5, 5.41) is 13.2. The van der Waals surface area contributed by atoms with Gasteiger partial charge in [-0.3, -0.25) is 4.79 Å². The maximum Gasteiger partial charge on any atom is 0.255 e. The largest absolute Gasteiger partial charge is 0.496 e. The molecule has 1 saturated carbocycles. The zero-order valence-electron chi connectivity index (χ0n) is 12.2. The lowest BCUT2D eigenvalue weighted by Gasteiger charge is -2.32. The third kappa shape index (κ3) is 3.51. The predicted octanol–water partition coefficient (Wildman–Crippen LogP) is 2.43. The molecular formula is C16H23NO3. The van der Waals surface area contributed by atoms with Gasteiger partial charge in [0, 0.05) is 6.54 Å². The van der Waals surface area contributed by atoms with Crippen molar-refractivity contribution >= 4 is 5.91 Å². The van der Waals surface area contributed by atoms with Crippen molar-refractivity contribution in [3.63, 3.8) is 0 Å². The Balaban J connectivity index is 2.03. The fourth-order valence-electron chi connectivity index (χ4n) is 2.73. The quantitative estimate of drug-likeness (QED) is 0.888. The van der Waals surface area contributed by atoms with Gasteiger partial charge in [0.1, 0.15) is 5.75 Å². The Kier molecular flexibility index (Phi) is 4.65. The van der Waals surface area contributed by atoms with Crippen LogP contribution in [-0.4, -0.2) is 30.3 Å². The van der Waals surface area contributed by atoms with E-state index >= 15 is 0 Å². The summed E-state index contributed by atoms with van der Waals surface area (Å²) in [7, 11) is 1.55. The van der Waals surface area contributed by atoms with Crippen molar-refractivity contribution in [1.82, 2.24) is 5.32 Å². The van der Waals surface area contributed by atoms with Crippen molar-refractivity contribution in [1.29, 1.82) is 0 Å². The van der Waals surface area contributed by atoms with Crippen LogP contribution < -0.4 is 10.1 Å².